The van der Waals surface area contributed by atoms with Gasteiger partial charge in [-0.1, -0.05) is 103 Å². The van der Waals surface area contributed by atoms with Crippen LogP contribution in [0.5, 0.6) is 23.0 Å². The fraction of sp³-hybridized carbons (Fsp3) is 0. The number of rotatable bonds is 6. The summed E-state index contributed by atoms with van der Waals surface area (Å²) < 4.78 is 15.7. The number of pyridine rings is 2. The van der Waals surface area contributed by atoms with E-state index in [1.54, 1.807) is 6.20 Å². The van der Waals surface area contributed by atoms with Crippen molar-refractivity contribution in [2.75, 3.05) is 0 Å². The van der Waals surface area contributed by atoms with Crippen LogP contribution in [0.25, 0.3) is 38.9 Å². The van der Waals surface area contributed by atoms with Crippen LogP contribution in [-0.4, -0.2) is 22.6 Å². The van der Waals surface area contributed by atoms with Crippen molar-refractivity contribution in [1.82, 2.24) is 14.5 Å². The molecule has 0 bridgehead atoms. The second-order valence-electron chi connectivity index (χ2n) is 13.0. The maximum atomic E-state index is 6.88. The summed E-state index contributed by atoms with van der Waals surface area (Å²) >= 11 is 0. The molecule has 246 valence electrons. The smallest absolute Gasteiger partial charge is 0.188 e. The second kappa shape index (κ2) is 12.2. The molecule has 0 radical (unpaired) electrons. The minimum Gasteiger partial charge on any atom is -0.458 e. The summed E-state index contributed by atoms with van der Waals surface area (Å²) in [5.74, 6) is 4.10. The van der Waals surface area contributed by atoms with Gasteiger partial charge in [0.1, 0.15) is 28.8 Å². The Kier molecular flexibility index (Phi) is 7.08. The van der Waals surface area contributed by atoms with Crippen LogP contribution in [0.3, 0.4) is 0 Å². The molecule has 6 aromatic carbocycles. The Morgan fingerprint density at radius 3 is 1.92 bits per heavy atom. The Morgan fingerprint density at radius 1 is 0.481 bits per heavy atom. The van der Waals surface area contributed by atoms with E-state index in [1.165, 1.54) is 20.7 Å². The lowest BCUT2D eigenvalue weighted by Gasteiger charge is -2.39. The molecule has 0 amide bonds. The summed E-state index contributed by atoms with van der Waals surface area (Å²) in [6.45, 7) is 0. The van der Waals surface area contributed by atoms with Crippen LogP contribution < -0.4 is 30.2 Å². The highest BCUT2D eigenvalue weighted by molar-refractivity contribution is 7.20. The first-order valence-corrected chi connectivity index (χ1v) is 19.4. The van der Waals surface area contributed by atoms with Crippen molar-refractivity contribution < 1.29 is 9.47 Å². The molecule has 0 saturated heterocycles. The molecule has 5 nitrogen and oxygen atoms in total. The Labute approximate surface area is 302 Å². The lowest BCUT2D eigenvalue weighted by Crippen LogP contribution is -2.76. The van der Waals surface area contributed by atoms with Crippen molar-refractivity contribution in [2.24, 2.45) is 0 Å². The van der Waals surface area contributed by atoms with Gasteiger partial charge < -0.3 is 9.47 Å². The number of hydrogen-bond donors (Lipinski definition) is 0. The Balaban J connectivity index is 1.22. The van der Waals surface area contributed by atoms with Gasteiger partial charge in [-0.2, -0.15) is 0 Å². The normalized spacial score (nSPS) is 12.9. The molecule has 9 aromatic rings. The molecule has 0 fully saturated rings. The summed E-state index contributed by atoms with van der Waals surface area (Å²) in [4.78, 5) is 9.41. The molecule has 0 atom stereocenters. The van der Waals surface area contributed by atoms with Crippen molar-refractivity contribution in [1.29, 1.82) is 0 Å². The summed E-state index contributed by atoms with van der Waals surface area (Å²) in [6.07, 6.45) is 3.66. The lowest BCUT2D eigenvalue weighted by molar-refractivity contribution is 0.483. The van der Waals surface area contributed by atoms with E-state index in [1.807, 2.05) is 66.9 Å². The molecule has 0 unspecified atom stereocenters. The molecule has 0 N–H and O–H groups in total. The molecule has 0 saturated carbocycles. The van der Waals surface area contributed by atoms with E-state index in [0.717, 1.165) is 61.9 Å². The molecular formula is C46H31N3O2Si. The van der Waals surface area contributed by atoms with Gasteiger partial charge in [-0.15, -0.1) is 0 Å². The molecule has 4 heterocycles. The summed E-state index contributed by atoms with van der Waals surface area (Å²) in [7, 11) is -2.85. The van der Waals surface area contributed by atoms with E-state index in [4.69, 9.17) is 14.5 Å². The van der Waals surface area contributed by atoms with Gasteiger partial charge in [0.15, 0.2) is 8.07 Å². The molecule has 52 heavy (non-hydrogen) atoms. The Bertz CT molecular complexity index is 2690. The van der Waals surface area contributed by atoms with E-state index >= 15 is 0 Å². The van der Waals surface area contributed by atoms with Crippen molar-refractivity contribution in [3.63, 3.8) is 0 Å². The van der Waals surface area contributed by atoms with Crippen LogP contribution in [0, 0.1) is 0 Å². The average Bonchev–Trinajstić information content (AvgIpc) is 3.53. The first kappa shape index (κ1) is 30.1. The van der Waals surface area contributed by atoms with Crippen molar-refractivity contribution in [3.8, 4) is 40.1 Å². The maximum Gasteiger partial charge on any atom is 0.188 e. The van der Waals surface area contributed by atoms with Crippen LogP contribution in [0.15, 0.2) is 188 Å². The van der Waals surface area contributed by atoms with Gasteiger partial charge in [0.25, 0.3) is 0 Å². The number of fused-ring (bicyclic) bond motifs is 5. The van der Waals surface area contributed by atoms with Gasteiger partial charge >= 0.3 is 0 Å². The summed E-state index contributed by atoms with van der Waals surface area (Å²) in [5.41, 5.74) is 3.96. The molecule has 1 aliphatic heterocycles. The fourth-order valence-corrected chi connectivity index (χ4v) is 12.8. The van der Waals surface area contributed by atoms with Crippen molar-refractivity contribution in [2.45, 2.75) is 0 Å². The van der Waals surface area contributed by atoms with E-state index in [-0.39, 0.29) is 0 Å². The fourth-order valence-electron chi connectivity index (χ4n) is 7.88. The van der Waals surface area contributed by atoms with Gasteiger partial charge in [-0.25, -0.2) is 4.98 Å². The van der Waals surface area contributed by atoms with Gasteiger partial charge in [0.05, 0.1) is 16.7 Å². The monoisotopic (exact) mass is 685 g/mol. The Hall–Kier alpha value is -6.76. The van der Waals surface area contributed by atoms with Gasteiger partial charge in [0, 0.05) is 34.8 Å². The zero-order valence-electron chi connectivity index (χ0n) is 28.1. The quantitative estimate of drug-likeness (QED) is 0.165. The minimum atomic E-state index is -2.85. The molecule has 1 aliphatic rings. The third kappa shape index (κ3) is 4.76. The van der Waals surface area contributed by atoms with Gasteiger partial charge in [-0.05, 0) is 87.5 Å². The van der Waals surface area contributed by atoms with Crippen LogP contribution in [0.4, 0.5) is 0 Å². The number of ether oxygens (including phenoxy) is 2. The van der Waals surface area contributed by atoms with E-state index in [0.29, 0.717) is 0 Å². The molecule has 3 aromatic heterocycles. The first-order valence-electron chi connectivity index (χ1n) is 17.4. The zero-order chi connectivity index (χ0) is 34.5. The molecule has 6 heteroatoms. The third-order valence-electron chi connectivity index (χ3n) is 10.1. The molecule has 0 spiro atoms. The van der Waals surface area contributed by atoms with Crippen molar-refractivity contribution >= 4 is 50.6 Å². The zero-order valence-corrected chi connectivity index (χ0v) is 29.1. The van der Waals surface area contributed by atoms with Gasteiger partial charge in [0.2, 0.25) is 0 Å². The molecule has 0 aliphatic carbocycles. The van der Waals surface area contributed by atoms with Gasteiger partial charge in [-0.3, -0.25) is 9.55 Å². The molecule has 10 rings (SSSR count). The number of benzene rings is 6. The summed E-state index contributed by atoms with van der Waals surface area (Å²) in [6, 6.07) is 61.5. The van der Waals surface area contributed by atoms with E-state index < -0.39 is 8.07 Å². The standard InChI is InChI=1S/C46H31N3O2Si/c1-3-16-35(17-4-1)52(36-18-5-2-6-19-36)44-22-8-7-21-42(44)51-43-30-38-37-25-24-34(50-33-15-13-14-32(28-33)39-20-9-11-26-47-39)29-40(37)49(41(38)31-45(43)52)46-23-10-12-27-48-46/h1-31H. The Morgan fingerprint density at radius 2 is 1.17 bits per heavy atom. The third-order valence-corrected chi connectivity index (χ3v) is 14.9. The largest absolute Gasteiger partial charge is 0.458 e. The highest BCUT2D eigenvalue weighted by atomic mass is 28.3. The SMILES string of the molecule is c1ccc([Si]2(c3ccccc3)c3ccccc3Oc3cc4c5ccc(Oc6cccc(-c7ccccn7)c6)cc5n(-c5ccccn5)c4cc32)cc1. The first-order chi connectivity index (χ1) is 25.8. The summed E-state index contributed by atoms with van der Waals surface area (Å²) in [5, 5.41) is 7.24. The maximum absolute atomic E-state index is 6.88. The number of aromatic nitrogens is 3. The highest BCUT2D eigenvalue weighted by Crippen LogP contribution is 2.39. The van der Waals surface area contributed by atoms with Crippen LogP contribution in [0.2, 0.25) is 0 Å². The lowest BCUT2D eigenvalue weighted by atomic mass is 10.1. The second-order valence-corrected chi connectivity index (χ2v) is 16.7. The predicted molar refractivity (Wildman–Crippen MR) is 212 cm³/mol. The number of hydrogen-bond acceptors (Lipinski definition) is 4. The predicted octanol–water partition coefficient (Wildman–Crippen LogP) is 8.52. The van der Waals surface area contributed by atoms with E-state index in [2.05, 4.69) is 125 Å². The number of nitrogens with zero attached hydrogens (tertiary/aromatic N) is 3. The topological polar surface area (TPSA) is 49.2 Å². The molecular weight excluding hydrogens is 655 g/mol. The van der Waals surface area contributed by atoms with Crippen LogP contribution in [-0.2, 0) is 0 Å². The number of para-hydroxylation sites is 1. The average molecular weight is 686 g/mol. The van der Waals surface area contributed by atoms with Crippen LogP contribution >= 0.6 is 0 Å². The van der Waals surface area contributed by atoms with Crippen LogP contribution in [0.1, 0.15) is 0 Å². The van der Waals surface area contributed by atoms with Crippen molar-refractivity contribution in [3.05, 3.63) is 188 Å². The minimum absolute atomic E-state index is 0.733. The highest BCUT2D eigenvalue weighted by Gasteiger charge is 2.48. The van der Waals surface area contributed by atoms with E-state index in [9.17, 15) is 0 Å².